The summed E-state index contributed by atoms with van der Waals surface area (Å²) in [6, 6.07) is 8.81. The lowest BCUT2D eigenvalue weighted by Crippen LogP contribution is -2.39. The minimum absolute atomic E-state index is 0.144. The van der Waals surface area contributed by atoms with E-state index in [-0.39, 0.29) is 18.8 Å². The second-order valence-electron chi connectivity index (χ2n) is 5.64. The van der Waals surface area contributed by atoms with Crippen LogP contribution in [0.15, 0.2) is 30.3 Å². The number of fused-ring (bicyclic) bond motifs is 1. The van der Waals surface area contributed by atoms with Crippen LogP contribution in [0.5, 0.6) is 0 Å². The maximum absolute atomic E-state index is 13.2. The largest absolute Gasteiger partial charge is 0.462 e. The first-order valence-corrected chi connectivity index (χ1v) is 7.69. The van der Waals surface area contributed by atoms with E-state index in [1.54, 1.807) is 31.2 Å². The van der Waals surface area contributed by atoms with Gasteiger partial charge in [-0.2, -0.15) is 0 Å². The Bertz CT molecular complexity index is 724. The SMILES string of the molecule is CCOC(=O)c1ccc2nc(N3CCC(F)(F)CC3)ccc2c1. The highest BCUT2D eigenvalue weighted by Gasteiger charge is 2.34. The first-order valence-electron chi connectivity index (χ1n) is 7.69. The van der Waals surface area contributed by atoms with Gasteiger partial charge in [0.15, 0.2) is 0 Å². The summed E-state index contributed by atoms with van der Waals surface area (Å²) in [6.07, 6.45) is -0.289. The molecule has 122 valence electrons. The third kappa shape index (κ3) is 3.41. The van der Waals surface area contributed by atoms with E-state index in [0.717, 1.165) is 10.9 Å². The zero-order valence-corrected chi connectivity index (χ0v) is 12.9. The van der Waals surface area contributed by atoms with Crippen LogP contribution in [0, 0.1) is 0 Å². The number of anilines is 1. The van der Waals surface area contributed by atoms with Gasteiger partial charge in [0.1, 0.15) is 5.82 Å². The summed E-state index contributed by atoms with van der Waals surface area (Å²) in [6.45, 7) is 2.68. The molecule has 2 aromatic rings. The van der Waals surface area contributed by atoms with E-state index < -0.39 is 5.92 Å². The smallest absolute Gasteiger partial charge is 0.338 e. The summed E-state index contributed by atoms with van der Waals surface area (Å²) in [5, 5.41) is 0.821. The molecule has 1 aliphatic rings. The van der Waals surface area contributed by atoms with Crippen LogP contribution in [-0.2, 0) is 4.74 Å². The third-order valence-electron chi connectivity index (χ3n) is 4.00. The van der Waals surface area contributed by atoms with Gasteiger partial charge in [0.25, 0.3) is 5.92 Å². The summed E-state index contributed by atoms with van der Waals surface area (Å²) in [4.78, 5) is 18.1. The standard InChI is InChI=1S/C17H18F2N2O2/c1-2-23-16(22)13-3-5-14-12(11-13)4-6-15(20-14)21-9-7-17(18,19)8-10-21/h3-6,11H,2,7-10H2,1H3. The lowest BCUT2D eigenvalue weighted by molar-refractivity contribution is -0.0221. The predicted molar refractivity (Wildman–Crippen MR) is 84.1 cm³/mol. The molecule has 0 bridgehead atoms. The quantitative estimate of drug-likeness (QED) is 0.810. The number of aromatic nitrogens is 1. The molecule has 3 rings (SSSR count). The van der Waals surface area contributed by atoms with Gasteiger partial charge in [-0.05, 0) is 37.3 Å². The molecule has 0 spiro atoms. The Kier molecular flexibility index (Phi) is 4.15. The van der Waals surface area contributed by atoms with Crippen molar-refractivity contribution in [2.75, 3.05) is 24.6 Å². The van der Waals surface area contributed by atoms with E-state index in [1.807, 2.05) is 11.0 Å². The summed E-state index contributed by atoms with van der Waals surface area (Å²) in [5.41, 5.74) is 1.21. The molecule has 1 saturated heterocycles. The number of alkyl halides is 2. The Labute approximate surface area is 133 Å². The Morgan fingerprint density at radius 3 is 2.70 bits per heavy atom. The first kappa shape index (κ1) is 15.6. The molecule has 0 N–H and O–H groups in total. The molecule has 0 radical (unpaired) electrons. The Morgan fingerprint density at radius 1 is 1.26 bits per heavy atom. The average Bonchev–Trinajstić information content (AvgIpc) is 2.54. The van der Waals surface area contributed by atoms with Gasteiger partial charge in [0, 0.05) is 31.3 Å². The Morgan fingerprint density at radius 2 is 2.00 bits per heavy atom. The lowest BCUT2D eigenvalue weighted by Gasteiger charge is -2.32. The molecule has 4 nitrogen and oxygen atoms in total. The number of hydrogen-bond acceptors (Lipinski definition) is 4. The minimum atomic E-state index is -2.57. The van der Waals surface area contributed by atoms with Crippen molar-refractivity contribution in [3.05, 3.63) is 35.9 Å². The number of rotatable bonds is 3. The summed E-state index contributed by atoms with van der Waals surface area (Å²) in [7, 11) is 0. The molecule has 0 atom stereocenters. The van der Waals surface area contributed by atoms with Crippen LogP contribution in [0.1, 0.15) is 30.1 Å². The van der Waals surface area contributed by atoms with Crippen molar-refractivity contribution in [3.8, 4) is 0 Å². The topological polar surface area (TPSA) is 42.4 Å². The third-order valence-corrected chi connectivity index (χ3v) is 4.00. The van der Waals surface area contributed by atoms with Gasteiger partial charge in [-0.1, -0.05) is 0 Å². The average molecular weight is 320 g/mol. The molecule has 23 heavy (non-hydrogen) atoms. The van der Waals surface area contributed by atoms with Crippen LogP contribution >= 0.6 is 0 Å². The van der Waals surface area contributed by atoms with Crippen molar-refractivity contribution in [1.82, 2.24) is 4.98 Å². The van der Waals surface area contributed by atoms with Gasteiger partial charge in [-0.15, -0.1) is 0 Å². The number of halogens is 2. The van der Waals surface area contributed by atoms with Crippen molar-refractivity contribution in [3.63, 3.8) is 0 Å². The van der Waals surface area contributed by atoms with Crippen LogP contribution < -0.4 is 4.90 Å². The van der Waals surface area contributed by atoms with E-state index >= 15 is 0 Å². The zero-order valence-electron chi connectivity index (χ0n) is 12.9. The van der Waals surface area contributed by atoms with Crippen molar-refractivity contribution in [2.45, 2.75) is 25.7 Å². The zero-order chi connectivity index (χ0) is 16.4. The number of carbonyl (C=O) groups is 1. The molecular formula is C17H18F2N2O2. The number of benzene rings is 1. The maximum Gasteiger partial charge on any atom is 0.338 e. The molecular weight excluding hydrogens is 302 g/mol. The van der Waals surface area contributed by atoms with E-state index in [2.05, 4.69) is 4.98 Å². The fraction of sp³-hybridized carbons (Fsp3) is 0.412. The fourth-order valence-electron chi connectivity index (χ4n) is 2.70. The van der Waals surface area contributed by atoms with Gasteiger partial charge >= 0.3 is 5.97 Å². The second kappa shape index (κ2) is 6.10. The van der Waals surface area contributed by atoms with Crippen LogP contribution in [0.25, 0.3) is 10.9 Å². The normalized spacial score (nSPS) is 17.3. The first-order chi connectivity index (χ1) is 11.0. The second-order valence-corrected chi connectivity index (χ2v) is 5.64. The molecule has 0 unspecified atom stereocenters. The van der Waals surface area contributed by atoms with E-state index in [4.69, 9.17) is 4.74 Å². The monoisotopic (exact) mass is 320 g/mol. The highest BCUT2D eigenvalue weighted by Crippen LogP contribution is 2.30. The van der Waals surface area contributed by atoms with E-state index in [0.29, 0.717) is 31.1 Å². The molecule has 1 aromatic carbocycles. The maximum atomic E-state index is 13.2. The number of piperidine rings is 1. The summed E-state index contributed by atoms with van der Waals surface area (Å²) >= 11 is 0. The van der Waals surface area contributed by atoms with Crippen LogP contribution in [0.2, 0.25) is 0 Å². The number of carbonyl (C=O) groups excluding carboxylic acids is 1. The number of hydrogen-bond donors (Lipinski definition) is 0. The van der Waals surface area contributed by atoms with Crippen molar-refractivity contribution < 1.29 is 18.3 Å². The molecule has 2 heterocycles. The summed E-state index contributed by atoms with van der Waals surface area (Å²) < 4.78 is 31.5. The van der Waals surface area contributed by atoms with Gasteiger partial charge in [-0.25, -0.2) is 18.6 Å². The number of pyridine rings is 1. The van der Waals surface area contributed by atoms with Crippen molar-refractivity contribution >= 4 is 22.7 Å². The lowest BCUT2D eigenvalue weighted by atomic mass is 10.1. The number of nitrogens with zero attached hydrogens (tertiary/aromatic N) is 2. The van der Waals surface area contributed by atoms with Crippen LogP contribution in [-0.4, -0.2) is 36.6 Å². The molecule has 0 aliphatic carbocycles. The molecule has 1 aromatic heterocycles. The molecule has 6 heteroatoms. The fourth-order valence-corrected chi connectivity index (χ4v) is 2.70. The Hall–Kier alpha value is -2.24. The van der Waals surface area contributed by atoms with E-state index in [1.165, 1.54) is 0 Å². The van der Waals surface area contributed by atoms with E-state index in [9.17, 15) is 13.6 Å². The van der Waals surface area contributed by atoms with Crippen molar-refractivity contribution in [1.29, 1.82) is 0 Å². The van der Waals surface area contributed by atoms with Gasteiger partial charge in [0.05, 0.1) is 17.7 Å². The summed E-state index contributed by atoms with van der Waals surface area (Å²) in [5.74, 6) is -2.24. The van der Waals surface area contributed by atoms with Gasteiger partial charge in [-0.3, -0.25) is 0 Å². The number of ether oxygens (including phenoxy) is 1. The highest BCUT2D eigenvalue weighted by atomic mass is 19.3. The highest BCUT2D eigenvalue weighted by molar-refractivity contribution is 5.94. The molecule has 1 aliphatic heterocycles. The van der Waals surface area contributed by atoms with Gasteiger partial charge in [0.2, 0.25) is 0 Å². The van der Waals surface area contributed by atoms with Crippen LogP contribution in [0.4, 0.5) is 14.6 Å². The Balaban J connectivity index is 1.83. The predicted octanol–water partition coefficient (Wildman–Crippen LogP) is 3.65. The number of esters is 1. The van der Waals surface area contributed by atoms with Gasteiger partial charge < -0.3 is 9.64 Å². The molecule has 1 fully saturated rings. The van der Waals surface area contributed by atoms with Crippen molar-refractivity contribution in [2.24, 2.45) is 0 Å². The minimum Gasteiger partial charge on any atom is -0.462 e. The molecule has 0 saturated carbocycles. The van der Waals surface area contributed by atoms with Crippen LogP contribution in [0.3, 0.4) is 0 Å². The molecule has 0 amide bonds.